The van der Waals surface area contributed by atoms with Crippen molar-refractivity contribution < 1.29 is 13.2 Å². The Morgan fingerprint density at radius 1 is 1.00 bits per heavy atom. The largest absolute Gasteiger partial charge is 0.304 e. The summed E-state index contributed by atoms with van der Waals surface area (Å²) in [5, 5.41) is 2.78. The van der Waals surface area contributed by atoms with E-state index in [0.717, 1.165) is 5.56 Å². The Morgan fingerprint density at radius 2 is 1.60 bits per heavy atom. The van der Waals surface area contributed by atoms with Crippen LogP contribution >= 0.6 is 0 Å². The molecule has 1 N–H and O–H groups in total. The molecule has 0 saturated heterocycles. The van der Waals surface area contributed by atoms with Crippen molar-refractivity contribution in [2.24, 2.45) is 0 Å². The quantitative estimate of drug-likeness (QED) is 0.862. The van der Waals surface area contributed by atoms with Crippen LogP contribution in [0.15, 0.2) is 54.6 Å². The Morgan fingerprint density at radius 3 is 2.20 bits per heavy atom. The predicted octanol–water partition coefficient (Wildman–Crippen LogP) is 4.27. The lowest BCUT2D eigenvalue weighted by Gasteiger charge is -2.21. The number of hydrogen-bond donors (Lipinski definition) is 1. The predicted molar refractivity (Wildman–Crippen MR) is 73.2 cm³/mol. The van der Waals surface area contributed by atoms with Crippen LogP contribution < -0.4 is 5.32 Å². The first kappa shape index (κ1) is 14.6. The van der Waals surface area contributed by atoms with Crippen molar-refractivity contribution >= 4 is 0 Å². The minimum atomic E-state index is -2.93. The van der Waals surface area contributed by atoms with Gasteiger partial charge in [0.15, 0.2) is 0 Å². The summed E-state index contributed by atoms with van der Waals surface area (Å²) < 4.78 is 40.8. The molecule has 0 aromatic heterocycles. The molecule has 20 heavy (non-hydrogen) atoms. The van der Waals surface area contributed by atoms with Crippen LogP contribution in [0.2, 0.25) is 0 Å². The molecule has 0 aliphatic rings. The van der Waals surface area contributed by atoms with Crippen LogP contribution in [0.5, 0.6) is 0 Å². The highest BCUT2D eigenvalue weighted by Gasteiger charge is 2.31. The molecular weight excluding hydrogens is 263 g/mol. The first-order chi connectivity index (χ1) is 9.49. The van der Waals surface area contributed by atoms with Crippen LogP contribution in [0, 0.1) is 5.82 Å². The van der Waals surface area contributed by atoms with Crippen LogP contribution in [0.25, 0.3) is 0 Å². The van der Waals surface area contributed by atoms with E-state index >= 15 is 0 Å². The highest BCUT2D eigenvalue weighted by atomic mass is 19.3. The highest BCUT2D eigenvalue weighted by molar-refractivity contribution is 5.22. The number of benzene rings is 2. The van der Waals surface area contributed by atoms with Crippen molar-refractivity contribution in [3.8, 4) is 0 Å². The molecule has 2 aromatic carbocycles. The lowest BCUT2D eigenvalue weighted by atomic mass is 10.1. The summed E-state index contributed by atoms with van der Waals surface area (Å²) in [5.74, 6) is -3.27. The minimum absolute atomic E-state index is 0.0150. The lowest BCUT2D eigenvalue weighted by Crippen LogP contribution is -2.32. The first-order valence-corrected chi connectivity index (χ1v) is 6.41. The monoisotopic (exact) mass is 279 g/mol. The van der Waals surface area contributed by atoms with Crippen LogP contribution in [0.4, 0.5) is 13.2 Å². The van der Waals surface area contributed by atoms with Crippen molar-refractivity contribution in [2.75, 3.05) is 6.54 Å². The van der Waals surface area contributed by atoms with E-state index in [1.54, 1.807) is 37.3 Å². The zero-order chi connectivity index (χ0) is 14.6. The summed E-state index contributed by atoms with van der Waals surface area (Å²) in [5.41, 5.74) is 0.758. The highest BCUT2D eigenvalue weighted by Crippen LogP contribution is 2.27. The maximum absolute atomic E-state index is 14.0. The summed E-state index contributed by atoms with van der Waals surface area (Å²) in [4.78, 5) is 0. The molecule has 0 heterocycles. The van der Waals surface area contributed by atoms with Gasteiger partial charge < -0.3 is 5.32 Å². The Labute approximate surface area is 116 Å². The molecule has 0 unspecified atom stereocenters. The summed E-state index contributed by atoms with van der Waals surface area (Å²) in [6.07, 6.45) is 0. The number of halogens is 3. The number of rotatable bonds is 5. The van der Waals surface area contributed by atoms with Gasteiger partial charge in [-0.05, 0) is 24.6 Å². The Hall–Kier alpha value is -1.81. The summed E-state index contributed by atoms with van der Waals surface area (Å²) in [7, 11) is 0. The van der Waals surface area contributed by atoms with E-state index in [0.29, 0.717) is 0 Å². The molecule has 2 rings (SSSR count). The van der Waals surface area contributed by atoms with Gasteiger partial charge in [0.1, 0.15) is 5.82 Å². The van der Waals surface area contributed by atoms with Gasteiger partial charge in [0.25, 0.3) is 5.92 Å². The molecule has 0 aliphatic heterocycles. The van der Waals surface area contributed by atoms with Crippen molar-refractivity contribution in [2.45, 2.75) is 18.9 Å². The SMILES string of the molecule is C[C@@H](NCC(F)(F)c1ccccc1)c1ccc(F)cc1. The second-order valence-corrected chi connectivity index (χ2v) is 4.72. The maximum atomic E-state index is 14.0. The van der Waals surface area contributed by atoms with E-state index in [2.05, 4.69) is 5.32 Å². The normalized spacial score (nSPS) is 13.2. The van der Waals surface area contributed by atoms with Crippen molar-refractivity contribution in [1.82, 2.24) is 5.32 Å². The third kappa shape index (κ3) is 3.61. The van der Waals surface area contributed by atoms with E-state index in [1.165, 1.54) is 24.3 Å². The van der Waals surface area contributed by atoms with Gasteiger partial charge in [0.2, 0.25) is 0 Å². The number of alkyl halides is 2. The topological polar surface area (TPSA) is 12.0 Å². The van der Waals surface area contributed by atoms with Gasteiger partial charge in [0, 0.05) is 11.6 Å². The number of hydrogen-bond acceptors (Lipinski definition) is 1. The first-order valence-electron chi connectivity index (χ1n) is 6.41. The summed E-state index contributed by atoms with van der Waals surface area (Å²) >= 11 is 0. The number of nitrogens with one attached hydrogen (secondary N) is 1. The fourth-order valence-corrected chi connectivity index (χ4v) is 1.93. The molecule has 0 amide bonds. The van der Waals surface area contributed by atoms with Crippen molar-refractivity contribution in [3.63, 3.8) is 0 Å². The van der Waals surface area contributed by atoms with Gasteiger partial charge in [-0.15, -0.1) is 0 Å². The molecule has 0 bridgehead atoms. The Balaban J connectivity index is 1.99. The van der Waals surface area contributed by atoms with E-state index < -0.39 is 12.5 Å². The van der Waals surface area contributed by atoms with E-state index in [1.807, 2.05) is 0 Å². The fourth-order valence-electron chi connectivity index (χ4n) is 1.93. The van der Waals surface area contributed by atoms with Gasteiger partial charge in [0.05, 0.1) is 6.54 Å². The molecule has 106 valence electrons. The molecule has 4 heteroatoms. The van der Waals surface area contributed by atoms with Gasteiger partial charge in [-0.2, -0.15) is 8.78 Å². The minimum Gasteiger partial charge on any atom is -0.304 e. The van der Waals surface area contributed by atoms with Gasteiger partial charge >= 0.3 is 0 Å². The van der Waals surface area contributed by atoms with Crippen molar-refractivity contribution in [3.05, 3.63) is 71.5 Å². The average Bonchev–Trinajstić information content (AvgIpc) is 2.46. The van der Waals surface area contributed by atoms with Crippen molar-refractivity contribution in [1.29, 1.82) is 0 Å². The van der Waals surface area contributed by atoms with Crippen LogP contribution in [0.3, 0.4) is 0 Å². The van der Waals surface area contributed by atoms with Crippen LogP contribution in [0.1, 0.15) is 24.1 Å². The molecule has 0 spiro atoms. The summed E-state index contributed by atoms with van der Waals surface area (Å²) in [6, 6.07) is 13.2. The van der Waals surface area contributed by atoms with Gasteiger partial charge in [-0.3, -0.25) is 0 Å². The third-order valence-corrected chi connectivity index (χ3v) is 3.20. The van der Waals surface area contributed by atoms with Gasteiger partial charge in [-0.25, -0.2) is 4.39 Å². The molecule has 0 saturated carbocycles. The average molecular weight is 279 g/mol. The zero-order valence-electron chi connectivity index (χ0n) is 11.1. The molecule has 1 nitrogen and oxygen atoms in total. The smallest absolute Gasteiger partial charge is 0.285 e. The standard InChI is InChI=1S/C16H16F3N/c1-12(13-7-9-15(17)10-8-13)20-11-16(18,19)14-5-3-2-4-6-14/h2-10,12,20H,11H2,1H3/t12-/m1/s1. The third-order valence-electron chi connectivity index (χ3n) is 3.20. The molecule has 0 radical (unpaired) electrons. The second-order valence-electron chi connectivity index (χ2n) is 4.72. The molecular formula is C16H16F3N. The van der Waals surface area contributed by atoms with Crippen LogP contribution in [-0.4, -0.2) is 6.54 Å². The molecule has 2 aromatic rings. The zero-order valence-corrected chi connectivity index (χ0v) is 11.1. The van der Waals surface area contributed by atoms with Gasteiger partial charge in [-0.1, -0.05) is 42.5 Å². The maximum Gasteiger partial charge on any atom is 0.285 e. The summed E-state index contributed by atoms with van der Waals surface area (Å²) in [6.45, 7) is 1.31. The molecule has 0 fully saturated rings. The fraction of sp³-hybridized carbons (Fsp3) is 0.250. The second kappa shape index (κ2) is 6.09. The molecule has 1 atom stereocenters. The van der Waals surface area contributed by atoms with E-state index in [9.17, 15) is 13.2 Å². The lowest BCUT2D eigenvalue weighted by molar-refractivity contribution is -0.00534. The van der Waals surface area contributed by atoms with E-state index in [4.69, 9.17) is 0 Å². The molecule has 0 aliphatic carbocycles. The Kier molecular flexibility index (Phi) is 4.45. The van der Waals surface area contributed by atoms with Crippen LogP contribution in [-0.2, 0) is 5.92 Å². The Bertz CT molecular complexity index is 537. The van der Waals surface area contributed by atoms with E-state index in [-0.39, 0.29) is 17.4 Å².